The van der Waals surface area contributed by atoms with Gasteiger partial charge >= 0.3 is 0 Å². The van der Waals surface area contributed by atoms with Gasteiger partial charge in [0.1, 0.15) is 0 Å². The predicted molar refractivity (Wildman–Crippen MR) is 86.0 cm³/mol. The van der Waals surface area contributed by atoms with Crippen LogP contribution >= 0.6 is 0 Å². The lowest BCUT2D eigenvalue weighted by Gasteiger charge is -2.35. The summed E-state index contributed by atoms with van der Waals surface area (Å²) < 4.78 is 24.3. The summed E-state index contributed by atoms with van der Waals surface area (Å²) in [6.45, 7) is 2.61. The van der Waals surface area contributed by atoms with Crippen LogP contribution in [0.2, 0.25) is 0 Å². The van der Waals surface area contributed by atoms with E-state index in [4.69, 9.17) is 9.47 Å². The molecule has 1 aliphatic rings. The second-order valence-electron chi connectivity index (χ2n) is 5.95. The smallest absolute Gasteiger partial charge is 0.260 e. The van der Waals surface area contributed by atoms with E-state index in [0.717, 1.165) is 19.4 Å². The Labute approximate surface area is 137 Å². The molecule has 1 heterocycles. The number of likely N-dealkylation sites (N-methyl/N-ethyl adjacent to an activating group) is 1. The first-order valence-corrected chi connectivity index (χ1v) is 7.97. The highest BCUT2D eigenvalue weighted by atomic mass is 19.1. The summed E-state index contributed by atoms with van der Waals surface area (Å²) in [5, 5.41) is 0. The van der Waals surface area contributed by atoms with Crippen molar-refractivity contribution < 1.29 is 18.7 Å². The molecule has 0 N–H and O–H groups in total. The summed E-state index contributed by atoms with van der Waals surface area (Å²) in [7, 11) is 3.95. The molecule has 6 heteroatoms. The topological polar surface area (TPSA) is 42.0 Å². The molecule has 0 saturated carbocycles. The van der Waals surface area contributed by atoms with E-state index in [-0.39, 0.29) is 24.3 Å². The number of nitrogens with zero attached hydrogens (tertiary/aromatic N) is 2. The second-order valence-corrected chi connectivity index (χ2v) is 5.95. The van der Waals surface area contributed by atoms with Gasteiger partial charge in [-0.2, -0.15) is 0 Å². The first-order valence-electron chi connectivity index (χ1n) is 7.97. The van der Waals surface area contributed by atoms with E-state index in [1.807, 2.05) is 23.9 Å². The van der Waals surface area contributed by atoms with Gasteiger partial charge < -0.3 is 19.3 Å². The molecule has 0 spiro atoms. The van der Waals surface area contributed by atoms with Crippen LogP contribution in [0.25, 0.3) is 0 Å². The molecule has 128 valence electrons. The fourth-order valence-electron chi connectivity index (χ4n) is 2.60. The summed E-state index contributed by atoms with van der Waals surface area (Å²) in [5.41, 5.74) is 0. The van der Waals surface area contributed by atoms with Crippen LogP contribution in [0.5, 0.6) is 5.75 Å². The van der Waals surface area contributed by atoms with Crippen LogP contribution in [-0.4, -0.2) is 68.8 Å². The third-order valence-corrected chi connectivity index (χ3v) is 3.93. The minimum absolute atomic E-state index is 0.109. The molecular weight excluding hydrogens is 299 g/mol. The third kappa shape index (κ3) is 5.48. The number of benzene rings is 1. The highest BCUT2D eigenvalue weighted by molar-refractivity contribution is 5.78. The average Bonchev–Trinajstić information content (AvgIpc) is 2.55. The molecular formula is C17H25FN2O3. The number of rotatable bonds is 7. The molecule has 1 fully saturated rings. The van der Waals surface area contributed by atoms with Crippen molar-refractivity contribution in [1.29, 1.82) is 0 Å². The number of carbonyl (C=O) groups excluding carboxylic acids is 1. The molecule has 1 aromatic carbocycles. The SMILES string of the molecule is CN(C)CCN(C(=O)COc1ccccc1F)C1CCOCC1. The Morgan fingerprint density at radius 2 is 1.96 bits per heavy atom. The van der Waals surface area contributed by atoms with E-state index in [1.54, 1.807) is 12.1 Å². The van der Waals surface area contributed by atoms with Crippen molar-refractivity contribution in [3.63, 3.8) is 0 Å². The quantitative estimate of drug-likeness (QED) is 0.767. The maximum absolute atomic E-state index is 13.6. The van der Waals surface area contributed by atoms with E-state index < -0.39 is 5.82 Å². The number of carbonyl (C=O) groups is 1. The highest BCUT2D eigenvalue weighted by Gasteiger charge is 2.26. The van der Waals surface area contributed by atoms with Crippen molar-refractivity contribution in [2.45, 2.75) is 18.9 Å². The molecule has 1 amide bonds. The first kappa shape index (κ1) is 17.7. The van der Waals surface area contributed by atoms with Crippen LogP contribution in [0.1, 0.15) is 12.8 Å². The summed E-state index contributed by atoms with van der Waals surface area (Å²) in [6.07, 6.45) is 1.66. The number of ether oxygens (including phenoxy) is 2. The van der Waals surface area contributed by atoms with E-state index in [1.165, 1.54) is 12.1 Å². The largest absolute Gasteiger partial charge is 0.481 e. The molecule has 0 radical (unpaired) electrons. The number of hydrogen-bond acceptors (Lipinski definition) is 4. The van der Waals surface area contributed by atoms with Gasteiger partial charge in [-0.05, 0) is 39.1 Å². The second kappa shape index (κ2) is 8.84. The van der Waals surface area contributed by atoms with Gasteiger partial charge in [0.15, 0.2) is 18.2 Å². The predicted octanol–water partition coefficient (Wildman–Crippen LogP) is 1.77. The van der Waals surface area contributed by atoms with Gasteiger partial charge in [0, 0.05) is 32.3 Å². The zero-order chi connectivity index (χ0) is 16.7. The Bertz CT molecular complexity index is 504. The standard InChI is InChI=1S/C17H25FN2O3/c1-19(2)9-10-20(14-7-11-22-12-8-14)17(21)13-23-16-6-4-3-5-15(16)18/h3-6,14H,7-13H2,1-2H3. The van der Waals surface area contributed by atoms with E-state index >= 15 is 0 Å². The zero-order valence-electron chi connectivity index (χ0n) is 13.8. The van der Waals surface area contributed by atoms with Crippen LogP contribution in [0.3, 0.4) is 0 Å². The van der Waals surface area contributed by atoms with E-state index in [0.29, 0.717) is 19.8 Å². The van der Waals surface area contributed by atoms with E-state index in [9.17, 15) is 9.18 Å². The van der Waals surface area contributed by atoms with Gasteiger partial charge in [0.2, 0.25) is 0 Å². The van der Waals surface area contributed by atoms with Gasteiger partial charge in [-0.1, -0.05) is 12.1 Å². The molecule has 1 aliphatic heterocycles. The molecule has 5 nitrogen and oxygen atoms in total. The normalized spacial score (nSPS) is 15.7. The fourth-order valence-corrected chi connectivity index (χ4v) is 2.60. The molecule has 0 bridgehead atoms. The monoisotopic (exact) mass is 324 g/mol. The lowest BCUT2D eigenvalue weighted by Crippen LogP contribution is -2.48. The van der Waals surface area contributed by atoms with Crippen molar-refractivity contribution in [3.8, 4) is 5.75 Å². The summed E-state index contributed by atoms with van der Waals surface area (Å²) in [6, 6.07) is 6.30. The van der Waals surface area contributed by atoms with Gasteiger partial charge in [-0.25, -0.2) is 4.39 Å². The Hall–Kier alpha value is -1.66. The molecule has 1 saturated heterocycles. The maximum Gasteiger partial charge on any atom is 0.260 e. The minimum atomic E-state index is -0.453. The third-order valence-electron chi connectivity index (χ3n) is 3.93. The molecule has 2 rings (SSSR count). The van der Waals surface area contributed by atoms with Gasteiger partial charge in [0.25, 0.3) is 5.91 Å². The number of halogens is 1. The van der Waals surface area contributed by atoms with Crippen molar-refractivity contribution in [3.05, 3.63) is 30.1 Å². The van der Waals surface area contributed by atoms with Crippen LogP contribution in [0.4, 0.5) is 4.39 Å². The van der Waals surface area contributed by atoms with Crippen molar-refractivity contribution in [2.75, 3.05) is 47.0 Å². The van der Waals surface area contributed by atoms with Crippen LogP contribution in [0, 0.1) is 5.82 Å². The Kier molecular flexibility index (Phi) is 6.80. The maximum atomic E-state index is 13.6. The Balaban J connectivity index is 1.96. The number of amides is 1. The fraction of sp³-hybridized carbons (Fsp3) is 0.588. The van der Waals surface area contributed by atoms with Crippen LogP contribution in [-0.2, 0) is 9.53 Å². The Morgan fingerprint density at radius 3 is 2.61 bits per heavy atom. The van der Waals surface area contributed by atoms with Gasteiger partial charge in [-0.15, -0.1) is 0 Å². The number of para-hydroxylation sites is 1. The zero-order valence-corrected chi connectivity index (χ0v) is 13.8. The molecule has 0 atom stereocenters. The summed E-state index contributed by atoms with van der Waals surface area (Å²) >= 11 is 0. The lowest BCUT2D eigenvalue weighted by molar-refractivity contribution is -0.137. The Morgan fingerprint density at radius 1 is 1.26 bits per heavy atom. The highest BCUT2D eigenvalue weighted by Crippen LogP contribution is 2.17. The summed E-state index contributed by atoms with van der Waals surface area (Å²) in [4.78, 5) is 16.4. The van der Waals surface area contributed by atoms with Gasteiger partial charge in [0.05, 0.1) is 0 Å². The van der Waals surface area contributed by atoms with Crippen molar-refractivity contribution in [1.82, 2.24) is 9.80 Å². The molecule has 0 unspecified atom stereocenters. The molecule has 1 aromatic rings. The lowest BCUT2D eigenvalue weighted by atomic mass is 10.1. The summed E-state index contributed by atoms with van der Waals surface area (Å²) in [5.74, 6) is -0.450. The van der Waals surface area contributed by atoms with Crippen molar-refractivity contribution in [2.24, 2.45) is 0 Å². The van der Waals surface area contributed by atoms with Gasteiger partial charge in [-0.3, -0.25) is 4.79 Å². The van der Waals surface area contributed by atoms with E-state index in [2.05, 4.69) is 0 Å². The average molecular weight is 324 g/mol. The van der Waals surface area contributed by atoms with Crippen LogP contribution < -0.4 is 4.74 Å². The van der Waals surface area contributed by atoms with Crippen LogP contribution in [0.15, 0.2) is 24.3 Å². The molecule has 23 heavy (non-hydrogen) atoms. The number of hydrogen-bond donors (Lipinski definition) is 0. The first-order chi connectivity index (χ1) is 11.1. The molecule has 0 aliphatic carbocycles. The van der Waals surface area contributed by atoms with Crippen molar-refractivity contribution >= 4 is 5.91 Å². The molecule has 0 aromatic heterocycles. The minimum Gasteiger partial charge on any atom is -0.481 e.